The molecular weight excluding hydrogens is 323 g/mol. The zero-order valence-corrected chi connectivity index (χ0v) is 13.6. The number of aromatic amines is 1. The summed E-state index contributed by atoms with van der Waals surface area (Å²) in [7, 11) is 1.88. The van der Waals surface area contributed by atoms with Crippen molar-refractivity contribution in [1.82, 2.24) is 19.9 Å². The van der Waals surface area contributed by atoms with Gasteiger partial charge in [-0.3, -0.25) is 9.59 Å². The molecule has 2 N–H and O–H groups in total. The lowest BCUT2D eigenvalue weighted by atomic mass is 10.1. The summed E-state index contributed by atoms with van der Waals surface area (Å²) in [6.07, 6.45) is 5.59. The number of amides is 1. The van der Waals surface area contributed by atoms with Crippen LogP contribution in [0.15, 0.2) is 41.5 Å². The van der Waals surface area contributed by atoms with E-state index in [1.54, 1.807) is 6.20 Å². The highest BCUT2D eigenvalue weighted by Crippen LogP contribution is 2.40. The molecule has 128 valence electrons. The van der Waals surface area contributed by atoms with E-state index in [9.17, 15) is 14.0 Å². The first kappa shape index (κ1) is 15.6. The fraction of sp³-hybridized carbons (Fsp3) is 0.278. The molecule has 1 aromatic carbocycles. The van der Waals surface area contributed by atoms with Gasteiger partial charge in [0, 0.05) is 30.9 Å². The van der Waals surface area contributed by atoms with Gasteiger partial charge in [0.1, 0.15) is 11.6 Å². The summed E-state index contributed by atoms with van der Waals surface area (Å²) in [5.41, 5.74) is 0.0967. The fourth-order valence-electron chi connectivity index (χ4n) is 3.14. The highest BCUT2D eigenvalue weighted by Gasteiger charge is 2.36. The maximum absolute atomic E-state index is 13.4. The smallest absolute Gasteiger partial charge is 0.252 e. The summed E-state index contributed by atoms with van der Waals surface area (Å²) in [6.45, 7) is 0. The van der Waals surface area contributed by atoms with Crippen LogP contribution in [0.5, 0.6) is 0 Å². The van der Waals surface area contributed by atoms with E-state index in [0.29, 0.717) is 16.8 Å². The van der Waals surface area contributed by atoms with Crippen LogP contribution in [0.3, 0.4) is 0 Å². The number of benzene rings is 1. The Morgan fingerprint density at radius 1 is 1.40 bits per heavy atom. The van der Waals surface area contributed by atoms with Gasteiger partial charge in [0.2, 0.25) is 5.56 Å². The lowest BCUT2D eigenvalue weighted by molar-refractivity contribution is 0.0930. The van der Waals surface area contributed by atoms with Gasteiger partial charge in [-0.1, -0.05) is 0 Å². The molecule has 0 bridgehead atoms. The summed E-state index contributed by atoms with van der Waals surface area (Å²) in [4.78, 5) is 31.6. The van der Waals surface area contributed by atoms with Crippen molar-refractivity contribution < 1.29 is 9.18 Å². The second kappa shape index (κ2) is 5.84. The van der Waals surface area contributed by atoms with Crippen LogP contribution in [0, 0.1) is 11.7 Å². The van der Waals surface area contributed by atoms with Crippen LogP contribution in [0.2, 0.25) is 0 Å². The molecular formula is C18H17FN4O2. The molecule has 1 aliphatic carbocycles. The van der Waals surface area contributed by atoms with E-state index >= 15 is 0 Å². The molecule has 25 heavy (non-hydrogen) atoms. The maximum Gasteiger partial charge on any atom is 0.252 e. The maximum atomic E-state index is 13.4. The average Bonchev–Trinajstić information content (AvgIpc) is 3.32. The summed E-state index contributed by atoms with van der Waals surface area (Å²) in [5, 5.41) is 3.51. The van der Waals surface area contributed by atoms with Gasteiger partial charge in [-0.25, -0.2) is 9.37 Å². The summed E-state index contributed by atoms with van der Waals surface area (Å²) in [6, 6.07) is 5.03. The van der Waals surface area contributed by atoms with Gasteiger partial charge in [0.15, 0.2) is 0 Å². The van der Waals surface area contributed by atoms with Crippen molar-refractivity contribution in [2.75, 3.05) is 0 Å². The second-order valence-electron chi connectivity index (χ2n) is 6.42. The summed E-state index contributed by atoms with van der Waals surface area (Å²) >= 11 is 0. The first-order valence-corrected chi connectivity index (χ1v) is 8.13. The van der Waals surface area contributed by atoms with Crippen molar-refractivity contribution in [3.05, 3.63) is 64.2 Å². The number of aromatic nitrogens is 3. The third kappa shape index (κ3) is 2.93. The van der Waals surface area contributed by atoms with Crippen molar-refractivity contribution in [3.63, 3.8) is 0 Å². The molecule has 0 saturated heterocycles. The molecule has 0 unspecified atom stereocenters. The highest BCUT2D eigenvalue weighted by atomic mass is 19.1. The van der Waals surface area contributed by atoms with Crippen LogP contribution in [0.25, 0.3) is 10.9 Å². The molecule has 1 atom stereocenters. The van der Waals surface area contributed by atoms with Crippen molar-refractivity contribution in [1.29, 1.82) is 0 Å². The molecule has 2 heterocycles. The molecule has 1 amide bonds. The van der Waals surface area contributed by atoms with Crippen LogP contribution in [0.1, 0.15) is 35.1 Å². The number of carbonyl (C=O) groups is 1. The molecule has 1 aliphatic rings. The molecule has 1 saturated carbocycles. The number of fused-ring (bicyclic) bond motifs is 1. The number of aryl methyl sites for hydroxylation is 1. The van der Waals surface area contributed by atoms with Gasteiger partial charge in [-0.15, -0.1) is 0 Å². The Morgan fingerprint density at radius 2 is 2.20 bits per heavy atom. The second-order valence-corrected chi connectivity index (χ2v) is 6.42. The number of nitrogens with zero attached hydrogens (tertiary/aromatic N) is 2. The van der Waals surface area contributed by atoms with E-state index in [1.165, 1.54) is 24.3 Å². The third-order valence-electron chi connectivity index (χ3n) is 4.57. The monoisotopic (exact) mass is 340 g/mol. The Balaban J connectivity index is 1.72. The zero-order valence-electron chi connectivity index (χ0n) is 13.6. The predicted molar refractivity (Wildman–Crippen MR) is 90.7 cm³/mol. The lowest BCUT2D eigenvalue weighted by Crippen LogP contribution is -2.32. The standard InChI is InChI=1S/C18H17FN4O2/c1-23-7-6-20-17(23)16(10-2-3-10)22-18(25)13-9-15(24)21-14-8-11(19)4-5-12(13)14/h4-10,16H,2-3H2,1H3,(H,21,24)(H,22,25)/t16-/m1/s1. The molecule has 4 rings (SSSR count). The number of hydrogen-bond donors (Lipinski definition) is 2. The largest absolute Gasteiger partial charge is 0.342 e. The minimum Gasteiger partial charge on any atom is -0.342 e. The Labute approximate surface area is 142 Å². The van der Waals surface area contributed by atoms with E-state index < -0.39 is 11.4 Å². The number of hydrogen-bond acceptors (Lipinski definition) is 3. The van der Waals surface area contributed by atoms with E-state index in [0.717, 1.165) is 18.7 Å². The Hall–Kier alpha value is -2.96. The quantitative estimate of drug-likeness (QED) is 0.765. The van der Waals surface area contributed by atoms with Crippen LogP contribution >= 0.6 is 0 Å². The van der Waals surface area contributed by atoms with Gasteiger partial charge in [0.05, 0.1) is 17.1 Å². The summed E-state index contributed by atoms with van der Waals surface area (Å²) < 4.78 is 15.3. The molecule has 1 fully saturated rings. The van der Waals surface area contributed by atoms with Crippen molar-refractivity contribution in [2.24, 2.45) is 13.0 Å². The predicted octanol–water partition coefficient (Wildman–Crippen LogP) is 2.28. The number of imidazole rings is 1. The van der Waals surface area contributed by atoms with Crippen LogP contribution in [-0.4, -0.2) is 20.4 Å². The first-order chi connectivity index (χ1) is 12.0. The Bertz CT molecular complexity index is 1020. The van der Waals surface area contributed by atoms with E-state index in [1.807, 2.05) is 17.8 Å². The normalized spacial score (nSPS) is 15.3. The molecule has 0 aliphatic heterocycles. The van der Waals surface area contributed by atoms with E-state index in [4.69, 9.17) is 0 Å². The van der Waals surface area contributed by atoms with Gasteiger partial charge in [0.25, 0.3) is 5.91 Å². The zero-order chi connectivity index (χ0) is 17.6. The minimum atomic E-state index is -0.468. The van der Waals surface area contributed by atoms with Crippen LogP contribution in [0.4, 0.5) is 4.39 Å². The van der Waals surface area contributed by atoms with Crippen LogP contribution < -0.4 is 10.9 Å². The molecule has 2 aromatic heterocycles. The van der Waals surface area contributed by atoms with Crippen molar-refractivity contribution in [3.8, 4) is 0 Å². The van der Waals surface area contributed by atoms with E-state index in [-0.39, 0.29) is 17.5 Å². The average molecular weight is 340 g/mol. The molecule has 0 radical (unpaired) electrons. The number of H-pyrrole nitrogens is 1. The number of pyridine rings is 1. The lowest BCUT2D eigenvalue weighted by Gasteiger charge is -2.18. The van der Waals surface area contributed by atoms with E-state index in [2.05, 4.69) is 15.3 Å². The highest BCUT2D eigenvalue weighted by molar-refractivity contribution is 6.06. The molecule has 6 nitrogen and oxygen atoms in total. The molecule has 3 aromatic rings. The van der Waals surface area contributed by atoms with Crippen molar-refractivity contribution >= 4 is 16.8 Å². The third-order valence-corrected chi connectivity index (χ3v) is 4.57. The Morgan fingerprint density at radius 3 is 2.88 bits per heavy atom. The number of halogens is 1. The number of carbonyl (C=O) groups excluding carboxylic acids is 1. The summed E-state index contributed by atoms with van der Waals surface area (Å²) in [5.74, 6) is 0.305. The first-order valence-electron chi connectivity index (χ1n) is 8.13. The Kier molecular flexibility index (Phi) is 3.63. The van der Waals surface area contributed by atoms with Gasteiger partial charge in [-0.05, 0) is 37.0 Å². The molecule has 0 spiro atoms. The topological polar surface area (TPSA) is 79.8 Å². The van der Waals surface area contributed by atoms with Crippen molar-refractivity contribution in [2.45, 2.75) is 18.9 Å². The van der Waals surface area contributed by atoms with Gasteiger partial charge < -0.3 is 14.9 Å². The van der Waals surface area contributed by atoms with Crippen LogP contribution in [-0.2, 0) is 7.05 Å². The van der Waals surface area contributed by atoms with Gasteiger partial charge in [-0.2, -0.15) is 0 Å². The SMILES string of the molecule is Cn1ccnc1[C@H](NC(=O)c1cc(=O)[nH]c2cc(F)ccc12)C1CC1. The minimum absolute atomic E-state index is 0.206. The van der Waals surface area contributed by atoms with Gasteiger partial charge >= 0.3 is 0 Å². The number of nitrogens with one attached hydrogen (secondary N) is 2. The molecule has 7 heteroatoms. The fourth-order valence-corrected chi connectivity index (χ4v) is 3.14. The number of rotatable bonds is 4.